The molecule has 0 radical (unpaired) electrons. The van der Waals surface area contributed by atoms with Crippen LogP contribution in [0.15, 0.2) is 30.3 Å². The Morgan fingerprint density at radius 1 is 1.00 bits per heavy atom. The lowest BCUT2D eigenvalue weighted by Crippen LogP contribution is -2.00. The van der Waals surface area contributed by atoms with Crippen molar-refractivity contribution < 1.29 is 13.2 Å². The second kappa shape index (κ2) is 4.60. The van der Waals surface area contributed by atoms with Gasteiger partial charge < -0.3 is 11.1 Å². The standard InChI is InChI=1S/C13H11F3N2/c1-7-2-3-9(6-10(7)15)18-12-5-8(14)4-11(16)13(12)17/h2-6,18H,17H2,1H3. The molecule has 0 bridgehead atoms. The molecule has 0 unspecified atom stereocenters. The largest absolute Gasteiger partial charge is 0.395 e. The number of aryl methyl sites for hydroxylation is 1. The molecule has 3 N–H and O–H groups in total. The molecule has 0 spiro atoms. The van der Waals surface area contributed by atoms with Gasteiger partial charge in [0, 0.05) is 11.8 Å². The SMILES string of the molecule is Cc1ccc(Nc2cc(F)cc(F)c2N)cc1F. The molecule has 0 saturated carbocycles. The van der Waals surface area contributed by atoms with Crippen molar-refractivity contribution in [2.45, 2.75) is 6.92 Å². The number of benzene rings is 2. The Morgan fingerprint density at radius 2 is 1.72 bits per heavy atom. The molecule has 0 atom stereocenters. The highest BCUT2D eigenvalue weighted by molar-refractivity contribution is 5.73. The van der Waals surface area contributed by atoms with Crippen molar-refractivity contribution in [1.82, 2.24) is 0 Å². The maximum absolute atomic E-state index is 13.3. The fourth-order valence-electron chi connectivity index (χ4n) is 1.51. The molecule has 2 rings (SSSR count). The number of rotatable bonds is 2. The van der Waals surface area contributed by atoms with Gasteiger partial charge in [0.15, 0.2) is 5.82 Å². The quantitative estimate of drug-likeness (QED) is 0.799. The van der Waals surface area contributed by atoms with Crippen LogP contribution in [0.25, 0.3) is 0 Å². The number of nitrogens with two attached hydrogens (primary N) is 1. The first-order valence-electron chi connectivity index (χ1n) is 5.25. The van der Waals surface area contributed by atoms with Crippen molar-refractivity contribution in [2.75, 3.05) is 11.1 Å². The third kappa shape index (κ3) is 2.40. The third-order valence-corrected chi connectivity index (χ3v) is 2.55. The van der Waals surface area contributed by atoms with Gasteiger partial charge in [-0.1, -0.05) is 6.07 Å². The van der Waals surface area contributed by atoms with Crippen LogP contribution < -0.4 is 11.1 Å². The van der Waals surface area contributed by atoms with E-state index in [1.54, 1.807) is 19.1 Å². The molecular weight excluding hydrogens is 241 g/mol. The van der Waals surface area contributed by atoms with Crippen LogP contribution in [0.2, 0.25) is 0 Å². The maximum Gasteiger partial charge on any atom is 0.151 e. The Balaban J connectivity index is 2.36. The van der Waals surface area contributed by atoms with E-state index in [-0.39, 0.29) is 11.4 Å². The molecule has 2 aromatic rings. The van der Waals surface area contributed by atoms with E-state index in [2.05, 4.69) is 5.32 Å². The van der Waals surface area contributed by atoms with Crippen molar-refractivity contribution in [2.24, 2.45) is 0 Å². The molecule has 0 aliphatic carbocycles. The molecule has 2 aromatic carbocycles. The molecule has 0 amide bonds. The van der Waals surface area contributed by atoms with Crippen molar-refractivity contribution in [3.05, 3.63) is 53.3 Å². The van der Waals surface area contributed by atoms with Crippen LogP contribution in [-0.2, 0) is 0 Å². The molecule has 0 heterocycles. The first-order valence-corrected chi connectivity index (χ1v) is 5.25. The van der Waals surface area contributed by atoms with Gasteiger partial charge in [0.1, 0.15) is 11.6 Å². The predicted octanol–water partition coefficient (Wildman–Crippen LogP) is 3.74. The number of nitrogens with one attached hydrogen (secondary N) is 1. The van der Waals surface area contributed by atoms with E-state index in [9.17, 15) is 13.2 Å². The minimum atomic E-state index is -0.856. The second-order valence-electron chi connectivity index (χ2n) is 3.94. The number of anilines is 3. The zero-order valence-electron chi connectivity index (χ0n) is 9.60. The van der Waals surface area contributed by atoms with Gasteiger partial charge in [-0.3, -0.25) is 0 Å². The zero-order valence-corrected chi connectivity index (χ0v) is 9.60. The Hall–Kier alpha value is -2.17. The number of hydrogen-bond acceptors (Lipinski definition) is 2. The van der Waals surface area contributed by atoms with E-state index in [1.165, 1.54) is 6.07 Å². The number of nitrogen functional groups attached to an aromatic ring is 1. The summed E-state index contributed by atoms with van der Waals surface area (Å²) < 4.78 is 39.6. The summed E-state index contributed by atoms with van der Waals surface area (Å²) in [6.45, 7) is 1.62. The molecule has 0 aromatic heterocycles. The van der Waals surface area contributed by atoms with Crippen LogP contribution in [0.5, 0.6) is 0 Å². The monoisotopic (exact) mass is 252 g/mol. The summed E-state index contributed by atoms with van der Waals surface area (Å²) in [5, 5.41) is 2.68. The van der Waals surface area contributed by atoms with Gasteiger partial charge in [0.25, 0.3) is 0 Å². The van der Waals surface area contributed by atoms with Crippen LogP contribution in [0.3, 0.4) is 0 Å². The molecule has 0 aliphatic heterocycles. The smallest absolute Gasteiger partial charge is 0.151 e. The minimum absolute atomic E-state index is 0.0655. The van der Waals surface area contributed by atoms with Gasteiger partial charge in [-0.05, 0) is 30.7 Å². The summed E-state index contributed by atoms with van der Waals surface area (Å²) in [5.74, 6) is -2.02. The fourth-order valence-corrected chi connectivity index (χ4v) is 1.51. The highest BCUT2D eigenvalue weighted by Gasteiger charge is 2.09. The van der Waals surface area contributed by atoms with Crippen molar-refractivity contribution in [3.63, 3.8) is 0 Å². The molecule has 18 heavy (non-hydrogen) atoms. The number of hydrogen-bond donors (Lipinski definition) is 2. The van der Waals surface area contributed by atoms with Gasteiger partial charge >= 0.3 is 0 Å². The first-order chi connectivity index (χ1) is 8.47. The normalized spacial score (nSPS) is 10.4. The summed E-state index contributed by atoms with van der Waals surface area (Å²) in [7, 11) is 0. The van der Waals surface area contributed by atoms with Crippen molar-refractivity contribution >= 4 is 17.1 Å². The van der Waals surface area contributed by atoms with Crippen LogP contribution in [-0.4, -0.2) is 0 Å². The lowest BCUT2D eigenvalue weighted by Gasteiger charge is -2.10. The predicted molar refractivity (Wildman–Crippen MR) is 65.2 cm³/mol. The summed E-state index contributed by atoms with van der Waals surface area (Å²) in [4.78, 5) is 0. The van der Waals surface area contributed by atoms with E-state index in [4.69, 9.17) is 5.73 Å². The number of halogens is 3. The van der Waals surface area contributed by atoms with E-state index < -0.39 is 17.5 Å². The van der Waals surface area contributed by atoms with Gasteiger partial charge in [0.05, 0.1) is 11.4 Å². The van der Waals surface area contributed by atoms with Gasteiger partial charge in [-0.25, -0.2) is 13.2 Å². The summed E-state index contributed by atoms with van der Waals surface area (Å²) >= 11 is 0. The van der Waals surface area contributed by atoms with E-state index in [0.29, 0.717) is 17.3 Å². The highest BCUT2D eigenvalue weighted by Crippen LogP contribution is 2.27. The Kier molecular flexibility index (Phi) is 3.14. The lowest BCUT2D eigenvalue weighted by atomic mass is 10.2. The Labute approximate surface area is 102 Å². The molecule has 94 valence electrons. The van der Waals surface area contributed by atoms with E-state index >= 15 is 0 Å². The molecule has 0 fully saturated rings. The average molecular weight is 252 g/mol. The Bertz CT molecular complexity index is 597. The first kappa shape index (κ1) is 12.3. The van der Waals surface area contributed by atoms with Gasteiger partial charge in [-0.15, -0.1) is 0 Å². The topological polar surface area (TPSA) is 38.0 Å². The lowest BCUT2D eigenvalue weighted by molar-refractivity contribution is 0.587. The maximum atomic E-state index is 13.3. The van der Waals surface area contributed by atoms with Crippen LogP contribution >= 0.6 is 0 Å². The van der Waals surface area contributed by atoms with E-state index in [0.717, 1.165) is 6.07 Å². The highest BCUT2D eigenvalue weighted by atomic mass is 19.1. The van der Waals surface area contributed by atoms with Gasteiger partial charge in [0.2, 0.25) is 0 Å². The summed E-state index contributed by atoms with van der Waals surface area (Å²) in [6, 6.07) is 6.13. The zero-order chi connectivity index (χ0) is 13.3. The van der Waals surface area contributed by atoms with Crippen molar-refractivity contribution in [3.8, 4) is 0 Å². The Morgan fingerprint density at radius 3 is 2.39 bits per heavy atom. The average Bonchev–Trinajstić information content (AvgIpc) is 2.30. The van der Waals surface area contributed by atoms with E-state index in [1.807, 2.05) is 0 Å². The molecule has 5 heteroatoms. The molecule has 0 aliphatic rings. The second-order valence-corrected chi connectivity index (χ2v) is 3.94. The van der Waals surface area contributed by atoms with Crippen LogP contribution in [0, 0.1) is 24.4 Å². The third-order valence-electron chi connectivity index (χ3n) is 2.55. The van der Waals surface area contributed by atoms with Crippen LogP contribution in [0.4, 0.5) is 30.2 Å². The fraction of sp³-hybridized carbons (Fsp3) is 0.0769. The summed E-state index contributed by atoms with van der Waals surface area (Å²) in [6.07, 6.45) is 0. The minimum Gasteiger partial charge on any atom is -0.395 e. The van der Waals surface area contributed by atoms with Crippen LogP contribution in [0.1, 0.15) is 5.56 Å². The molecular formula is C13H11F3N2. The molecule has 0 saturated heterocycles. The van der Waals surface area contributed by atoms with Crippen molar-refractivity contribution in [1.29, 1.82) is 0 Å². The molecule has 2 nitrogen and oxygen atoms in total. The van der Waals surface area contributed by atoms with Gasteiger partial charge in [-0.2, -0.15) is 0 Å². The summed E-state index contributed by atoms with van der Waals surface area (Å²) in [5.41, 5.74) is 6.18.